The van der Waals surface area contributed by atoms with Crippen molar-refractivity contribution in [3.05, 3.63) is 29.8 Å². The Morgan fingerprint density at radius 2 is 2.00 bits per heavy atom. The highest BCUT2D eigenvalue weighted by molar-refractivity contribution is 5.76. The molecular formula is C16H23NO2. The molecule has 104 valence electrons. The summed E-state index contributed by atoms with van der Waals surface area (Å²) < 4.78 is 5.68. The van der Waals surface area contributed by atoms with Gasteiger partial charge in [0.05, 0.1) is 6.61 Å². The molecule has 0 unspecified atom stereocenters. The maximum absolute atomic E-state index is 11.5. The third kappa shape index (κ3) is 5.33. The molecule has 1 aromatic rings. The number of aryl methyl sites for hydroxylation is 1. The van der Waals surface area contributed by atoms with Gasteiger partial charge in [-0.1, -0.05) is 12.1 Å². The molecule has 1 saturated carbocycles. The van der Waals surface area contributed by atoms with Gasteiger partial charge in [0.25, 0.3) is 0 Å². The molecule has 2 rings (SSSR count). The third-order valence-corrected chi connectivity index (χ3v) is 3.20. The van der Waals surface area contributed by atoms with Crippen LogP contribution in [0.4, 0.5) is 0 Å². The lowest BCUT2D eigenvalue weighted by Crippen LogP contribution is -2.30. The zero-order valence-corrected chi connectivity index (χ0v) is 11.8. The van der Waals surface area contributed by atoms with Gasteiger partial charge < -0.3 is 10.1 Å². The molecule has 1 amide bonds. The molecule has 3 nitrogen and oxygen atoms in total. The Hall–Kier alpha value is -1.51. The van der Waals surface area contributed by atoms with E-state index in [1.54, 1.807) is 0 Å². The van der Waals surface area contributed by atoms with E-state index in [4.69, 9.17) is 4.74 Å². The predicted molar refractivity (Wildman–Crippen MR) is 76.3 cm³/mol. The zero-order chi connectivity index (χ0) is 13.7. The highest BCUT2D eigenvalue weighted by Crippen LogP contribution is 2.29. The molecule has 1 N–H and O–H groups in total. The van der Waals surface area contributed by atoms with E-state index in [0.717, 1.165) is 24.7 Å². The average molecular weight is 261 g/mol. The third-order valence-electron chi connectivity index (χ3n) is 3.20. The molecule has 0 bridgehead atoms. The summed E-state index contributed by atoms with van der Waals surface area (Å²) in [6, 6.07) is 8.30. The lowest BCUT2D eigenvalue weighted by molar-refractivity contribution is -0.121. The van der Waals surface area contributed by atoms with Crippen molar-refractivity contribution < 1.29 is 9.53 Å². The van der Waals surface area contributed by atoms with Crippen molar-refractivity contribution in [1.29, 1.82) is 0 Å². The van der Waals surface area contributed by atoms with Gasteiger partial charge >= 0.3 is 0 Å². The Balaban J connectivity index is 1.72. The zero-order valence-electron chi connectivity index (χ0n) is 11.8. The van der Waals surface area contributed by atoms with Crippen LogP contribution in [0.15, 0.2) is 24.3 Å². The molecular weight excluding hydrogens is 238 g/mol. The summed E-state index contributed by atoms with van der Waals surface area (Å²) in [4.78, 5) is 11.5. The minimum absolute atomic E-state index is 0.115. The van der Waals surface area contributed by atoms with Gasteiger partial charge in [-0.15, -0.1) is 0 Å². The van der Waals surface area contributed by atoms with E-state index in [-0.39, 0.29) is 11.9 Å². The smallest absolute Gasteiger partial charge is 0.220 e. The van der Waals surface area contributed by atoms with Crippen molar-refractivity contribution in [1.82, 2.24) is 5.32 Å². The second-order valence-corrected chi connectivity index (χ2v) is 5.62. The van der Waals surface area contributed by atoms with E-state index in [9.17, 15) is 4.79 Å². The molecule has 0 atom stereocenters. The van der Waals surface area contributed by atoms with E-state index in [2.05, 4.69) is 5.32 Å². The molecule has 0 spiro atoms. The summed E-state index contributed by atoms with van der Waals surface area (Å²) in [7, 11) is 0. The van der Waals surface area contributed by atoms with Crippen molar-refractivity contribution in [2.24, 2.45) is 5.92 Å². The van der Waals surface area contributed by atoms with E-state index in [1.807, 2.05) is 38.1 Å². The number of benzene rings is 1. The minimum atomic E-state index is 0.115. The van der Waals surface area contributed by atoms with Gasteiger partial charge in [0, 0.05) is 12.5 Å². The number of ether oxygens (including phenoxy) is 1. The van der Waals surface area contributed by atoms with E-state index < -0.39 is 0 Å². The summed E-state index contributed by atoms with van der Waals surface area (Å²) in [6.07, 6.45) is 3.94. The molecule has 0 heterocycles. The monoisotopic (exact) mass is 261 g/mol. The van der Waals surface area contributed by atoms with Crippen LogP contribution < -0.4 is 10.1 Å². The van der Waals surface area contributed by atoms with Crippen molar-refractivity contribution >= 4 is 5.91 Å². The number of carbonyl (C=O) groups excluding carboxylic acids is 1. The normalized spacial score (nSPS) is 14.5. The Kier molecular flexibility index (Phi) is 4.83. The Morgan fingerprint density at radius 1 is 1.32 bits per heavy atom. The number of nitrogens with one attached hydrogen (secondary N) is 1. The van der Waals surface area contributed by atoms with Crippen LogP contribution in [0.3, 0.4) is 0 Å². The molecule has 1 fully saturated rings. The van der Waals surface area contributed by atoms with Gasteiger partial charge in [-0.25, -0.2) is 0 Å². The second-order valence-electron chi connectivity index (χ2n) is 5.62. The first-order chi connectivity index (χ1) is 9.13. The van der Waals surface area contributed by atoms with Crippen molar-refractivity contribution in [3.8, 4) is 5.75 Å². The number of carbonyl (C=O) groups is 1. The van der Waals surface area contributed by atoms with Crippen LogP contribution in [0, 0.1) is 5.92 Å². The van der Waals surface area contributed by atoms with E-state index in [1.165, 1.54) is 18.4 Å². The second kappa shape index (κ2) is 6.60. The topological polar surface area (TPSA) is 38.3 Å². The summed E-state index contributed by atoms with van der Waals surface area (Å²) in [5, 5.41) is 2.90. The molecule has 1 aliphatic carbocycles. The fraction of sp³-hybridized carbons (Fsp3) is 0.562. The molecule has 0 saturated heterocycles. The van der Waals surface area contributed by atoms with Gasteiger partial charge in [-0.3, -0.25) is 4.79 Å². The first kappa shape index (κ1) is 13.9. The highest BCUT2D eigenvalue weighted by atomic mass is 16.5. The van der Waals surface area contributed by atoms with Crippen molar-refractivity contribution in [2.75, 3.05) is 6.61 Å². The van der Waals surface area contributed by atoms with Crippen LogP contribution in [0.1, 0.15) is 38.7 Å². The fourth-order valence-corrected chi connectivity index (χ4v) is 1.90. The molecule has 0 radical (unpaired) electrons. The molecule has 19 heavy (non-hydrogen) atoms. The minimum Gasteiger partial charge on any atom is -0.493 e. The number of rotatable bonds is 7. The Morgan fingerprint density at radius 3 is 2.58 bits per heavy atom. The maximum Gasteiger partial charge on any atom is 0.220 e. The molecule has 1 aromatic carbocycles. The Bertz CT molecular complexity index is 407. The van der Waals surface area contributed by atoms with E-state index >= 15 is 0 Å². The number of hydrogen-bond acceptors (Lipinski definition) is 2. The lowest BCUT2D eigenvalue weighted by atomic mass is 10.1. The predicted octanol–water partition coefficient (Wildman–Crippen LogP) is 2.93. The van der Waals surface area contributed by atoms with Gasteiger partial charge in [0.2, 0.25) is 5.91 Å². The molecule has 0 aliphatic heterocycles. The standard InChI is InChI=1S/C16H23NO2/c1-12(2)17-16(18)10-7-13-5-8-15(9-6-13)19-11-14-3-4-14/h5-6,8-9,12,14H,3-4,7,10-11H2,1-2H3,(H,17,18). The highest BCUT2D eigenvalue weighted by Gasteiger charge is 2.21. The van der Waals surface area contributed by atoms with Gasteiger partial charge in [0.15, 0.2) is 0 Å². The largest absolute Gasteiger partial charge is 0.493 e. The molecule has 0 aromatic heterocycles. The van der Waals surface area contributed by atoms with Crippen LogP contribution in [0.5, 0.6) is 5.75 Å². The van der Waals surface area contributed by atoms with E-state index in [0.29, 0.717) is 6.42 Å². The van der Waals surface area contributed by atoms with Crippen LogP contribution in [0.2, 0.25) is 0 Å². The van der Waals surface area contributed by atoms with Gasteiger partial charge in [0.1, 0.15) is 5.75 Å². The first-order valence-electron chi connectivity index (χ1n) is 7.14. The van der Waals surface area contributed by atoms with Crippen LogP contribution in [-0.2, 0) is 11.2 Å². The lowest BCUT2D eigenvalue weighted by Gasteiger charge is -2.09. The van der Waals surface area contributed by atoms with Gasteiger partial charge in [-0.05, 0) is 56.7 Å². The van der Waals surface area contributed by atoms with Crippen LogP contribution in [0.25, 0.3) is 0 Å². The molecule has 3 heteroatoms. The summed E-state index contributed by atoms with van der Waals surface area (Å²) in [6.45, 7) is 4.80. The summed E-state index contributed by atoms with van der Waals surface area (Å²) in [5.74, 6) is 1.82. The van der Waals surface area contributed by atoms with Gasteiger partial charge in [-0.2, -0.15) is 0 Å². The first-order valence-corrected chi connectivity index (χ1v) is 7.14. The number of hydrogen-bond donors (Lipinski definition) is 1. The maximum atomic E-state index is 11.5. The fourth-order valence-electron chi connectivity index (χ4n) is 1.90. The Labute approximate surface area is 115 Å². The molecule has 1 aliphatic rings. The van der Waals surface area contributed by atoms with Crippen molar-refractivity contribution in [3.63, 3.8) is 0 Å². The SMILES string of the molecule is CC(C)NC(=O)CCc1ccc(OCC2CC2)cc1. The summed E-state index contributed by atoms with van der Waals surface area (Å²) >= 11 is 0. The van der Waals surface area contributed by atoms with Crippen molar-refractivity contribution in [2.45, 2.75) is 45.6 Å². The number of amides is 1. The summed E-state index contributed by atoms with van der Waals surface area (Å²) in [5.41, 5.74) is 1.18. The van der Waals surface area contributed by atoms with Crippen LogP contribution >= 0.6 is 0 Å². The van der Waals surface area contributed by atoms with Crippen LogP contribution in [-0.4, -0.2) is 18.6 Å². The average Bonchev–Trinajstić information content (AvgIpc) is 3.18. The quantitative estimate of drug-likeness (QED) is 0.819.